The van der Waals surface area contributed by atoms with Crippen molar-refractivity contribution in [3.8, 4) is 11.5 Å². The molecule has 0 bridgehead atoms. The number of nitrogens with zero attached hydrogens (tertiary/aromatic N) is 1. The SMILES string of the molecule is CC[C@@H](C)NC(=O)C[C@H](c1ccc(OC)c(OC)c1)c1cn(C)c2ccccc12. The van der Waals surface area contributed by atoms with Crippen LogP contribution in [0.3, 0.4) is 0 Å². The predicted molar refractivity (Wildman–Crippen MR) is 117 cm³/mol. The highest BCUT2D eigenvalue weighted by molar-refractivity contribution is 5.86. The van der Waals surface area contributed by atoms with Crippen molar-refractivity contribution in [2.45, 2.75) is 38.6 Å². The summed E-state index contributed by atoms with van der Waals surface area (Å²) in [4.78, 5) is 12.8. The van der Waals surface area contributed by atoms with E-state index in [9.17, 15) is 4.79 Å². The number of methoxy groups -OCH3 is 2. The maximum Gasteiger partial charge on any atom is 0.221 e. The molecule has 0 saturated carbocycles. The fraction of sp³-hybridized carbons (Fsp3) is 0.375. The molecule has 0 aliphatic heterocycles. The Kier molecular flexibility index (Phi) is 6.47. The van der Waals surface area contributed by atoms with E-state index in [1.807, 2.05) is 44.3 Å². The molecule has 0 aliphatic rings. The summed E-state index contributed by atoms with van der Waals surface area (Å²) < 4.78 is 13.0. The lowest BCUT2D eigenvalue weighted by Crippen LogP contribution is -2.33. The molecule has 0 unspecified atom stereocenters. The van der Waals surface area contributed by atoms with Crippen molar-refractivity contribution in [2.24, 2.45) is 7.05 Å². The fourth-order valence-electron chi connectivity index (χ4n) is 3.75. The second-order valence-corrected chi connectivity index (χ2v) is 7.46. The van der Waals surface area contributed by atoms with Crippen LogP contribution in [0.4, 0.5) is 0 Å². The lowest BCUT2D eigenvalue weighted by molar-refractivity contribution is -0.121. The van der Waals surface area contributed by atoms with Gasteiger partial charge < -0.3 is 19.4 Å². The van der Waals surface area contributed by atoms with Crippen molar-refractivity contribution in [1.29, 1.82) is 0 Å². The molecule has 0 aliphatic carbocycles. The van der Waals surface area contributed by atoms with Gasteiger partial charge >= 0.3 is 0 Å². The second-order valence-electron chi connectivity index (χ2n) is 7.46. The number of ether oxygens (including phenoxy) is 2. The van der Waals surface area contributed by atoms with Gasteiger partial charge in [0.2, 0.25) is 5.91 Å². The monoisotopic (exact) mass is 394 g/mol. The molecule has 0 radical (unpaired) electrons. The average Bonchev–Trinajstić information content (AvgIpc) is 3.08. The Morgan fingerprint density at radius 1 is 1.10 bits per heavy atom. The molecule has 1 amide bonds. The molecular formula is C24H30N2O3. The first-order valence-electron chi connectivity index (χ1n) is 10.0. The number of benzene rings is 2. The molecule has 1 heterocycles. The van der Waals surface area contributed by atoms with Crippen molar-refractivity contribution in [1.82, 2.24) is 9.88 Å². The number of hydrogen-bond donors (Lipinski definition) is 1. The van der Waals surface area contributed by atoms with Crippen molar-refractivity contribution in [2.75, 3.05) is 14.2 Å². The number of carbonyl (C=O) groups is 1. The van der Waals surface area contributed by atoms with Crippen molar-refractivity contribution < 1.29 is 14.3 Å². The van der Waals surface area contributed by atoms with Crippen LogP contribution in [-0.4, -0.2) is 30.7 Å². The Morgan fingerprint density at radius 3 is 2.52 bits per heavy atom. The smallest absolute Gasteiger partial charge is 0.221 e. The summed E-state index contributed by atoms with van der Waals surface area (Å²) in [5, 5.41) is 4.26. The maximum atomic E-state index is 12.8. The van der Waals surface area contributed by atoms with Gasteiger partial charge in [-0.1, -0.05) is 31.2 Å². The van der Waals surface area contributed by atoms with E-state index in [2.05, 4.69) is 35.1 Å². The Bertz CT molecular complexity index is 993. The van der Waals surface area contributed by atoms with E-state index in [4.69, 9.17) is 9.47 Å². The van der Waals surface area contributed by atoms with Gasteiger partial charge in [-0.05, 0) is 42.7 Å². The van der Waals surface area contributed by atoms with Gasteiger partial charge in [0.15, 0.2) is 11.5 Å². The van der Waals surface area contributed by atoms with Gasteiger partial charge in [-0.3, -0.25) is 4.79 Å². The van der Waals surface area contributed by atoms with E-state index >= 15 is 0 Å². The quantitative estimate of drug-likeness (QED) is 0.606. The molecule has 1 aromatic heterocycles. The van der Waals surface area contributed by atoms with E-state index in [-0.39, 0.29) is 17.9 Å². The number of para-hydroxylation sites is 1. The Balaban J connectivity index is 2.08. The second kappa shape index (κ2) is 9.03. The van der Waals surface area contributed by atoms with Crippen LogP contribution in [0.15, 0.2) is 48.7 Å². The van der Waals surface area contributed by atoms with Crippen LogP contribution in [0.25, 0.3) is 10.9 Å². The summed E-state index contributed by atoms with van der Waals surface area (Å²) in [7, 11) is 5.29. The third-order valence-electron chi connectivity index (χ3n) is 5.52. The van der Waals surface area contributed by atoms with Crippen LogP contribution >= 0.6 is 0 Å². The summed E-state index contributed by atoms with van der Waals surface area (Å²) in [5.41, 5.74) is 3.31. The zero-order chi connectivity index (χ0) is 21.0. The van der Waals surface area contributed by atoms with Crippen molar-refractivity contribution >= 4 is 16.8 Å². The first-order valence-corrected chi connectivity index (χ1v) is 10.0. The third-order valence-corrected chi connectivity index (χ3v) is 5.52. The normalized spacial score (nSPS) is 13.1. The molecule has 0 spiro atoms. The molecule has 3 rings (SSSR count). The first kappa shape index (κ1) is 20.8. The zero-order valence-corrected chi connectivity index (χ0v) is 17.9. The van der Waals surface area contributed by atoms with E-state index in [1.54, 1.807) is 14.2 Å². The van der Waals surface area contributed by atoms with Crippen molar-refractivity contribution in [3.05, 3.63) is 59.8 Å². The van der Waals surface area contributed by atoms with Gasteiger partial charge in [0.25, 0.3) is 0 Å². The summed E-state index contributed by atoms with van der Waals surface area (Å²) in [6, 6.07) is 14.3. The average molecular weight is 395 g/mol. The van der Waals surface area contributed by atoms with Crippen molar-refractivity contribution in [3.63, 3.8) is 0 Å². The number of aryl methyl sites for hydroxylation is 1. The highest BCUT2D eigenvalue weighted by atomic mass is 16.5. The number of hydrogen-bond acceptors (Lipinski definition) is 3. The number of rotatable bonds is 8. The highest BCUT2D eigenvalue weighted by Gasteiger charge is 2.24. The minimum atomic E-state index is -0.0926. The molecule has 5 heteroatoms. The molecule has 154 valence electrons. The topological polar surface area (TPSA) is 52.5 Å². The molecular weight excluding hydrogens is 364 g/mol. The maximum absolute atomic E-state index is 12.8. The molecule has 0 saturated heterocycles. The molecule has 1 N–H and O–H groups in total. The van der Waals surface area contributed by atoms with Crippen LogP contribution < -0.4 is 14.8 Å². The van der Waals surface area contributed by atoms with Gasteiger partial charge in [0.05, 0.1) is 14.2 Å². The third kappa shape index (κ3) is 4.39. The molecule has 2 aromatic carbocycles. The molecule has 2 atom stereocenters. The van der Waals surface area contributed by atoms with Crippen LogP contribution in [0.5, 0.6) is 11.5 Å². The largest absolute Gasteiger partial charge is 0.493 e. The number of carbonyl (C=O) groups excluding carboxylic acids is 1. The van der Waals surface area contributed by atoms with Crippen LogP contribution in [0.1, 0.15) is 43.7 Å². The summed E-state index contributed by atoms with van der Waals surface area (Å²) in [6.07, 6.45) is 3.40. The Morgan fingerprint density at radius 2 is 1.83 bits per heavy atom. The minimum absolute atomic E-state index is 0.0482. The first-order chi connectivity index (χ1) is 14.0. The zero-order valence-electron chi connectivity index (χ0n) is 17.9. The van der Waals surface area contributed by atoms with Gasteiger partial charge in [0, 0.05) is 42.5 Å². The lowest BCUT2D eigenvalue weighted by atomic mass is 9.87. The fourth-order valence-corrected chi connectivity index (χ4v) is 3.75. The Labute approximate surface area is 172 Å². The number of fused-ring (bicyclic) bond motifs is 1. The summed E-state index contributed by atoms with van der Waals surface area (Å²) in [6.45, 7) is 4.10. The van der Waals surface area contributed by atoms with E-state index < -0.39 is 0 Å². The van der Waals surface area contributed by atoms with E-state index in [0.717, 1.165) is 28.5 Å². The Hall–Kier alpha value is -2.95. The van der Waals surface area contributed by atoms with E-state index in [1.165, 1.54) is 0 Å². The van der Waals surface area contributed by atoms with Crippen LogP contribution in [0, 0.1) is 0 Å². The summed E-state index contributed by atoms with van der Waals surface area (Å²) >= 11 is 0. The standard InChI is InChI=1S/C24H30N2O3/c1-6-16(2)25-24(27)14-19(17-11-12-22(28-4)23(13-17)29-5)20-15-26(3)21-10-8-7-9-18(20)21/h7-13,15-16,19H,6,14H2,1-5H3,(H,25,27)/t16-,19-/m1/s1. The van der Waals surface area contributed by atoms with Crippen LogP contribution in [0.2, 0.25) is 0 Å². The number of nitrogens with one attached hydrogen (secondary N) is 1. The molecule has 0 fully saturated rings. The molecule has 3 aromatic rings. The van der Waals surface area contributed by atoms with E-state index in [0.29, 0.717) is 17.9 Å². The summed E-state index contributed by atoms with van der Waals surface area (Å²) in [5.74, 6) is 1.30. The molecule has 29 heavy (non-hydrogen) atoms. The van der Waals surface area contributed by atoms with Crippen LogP contribution in [-0.2, 0) is 11.8 Å². The number of aromatic nitrogens is 1. The minimum Gasteiger partial charge on any atom is -0.493 e. The predicted octanol–water partition coefficient (Wildman–Crippen LogP) is 4.63. The highest BCUT2D eigenvalue weighted by Crippen LogP contribution is 2.38. The van der Waals surface area contributed by atoms with Gasteiger partial charge in [-0.2, -0.15) is 0 Å². The van der Waals surface area contributed by atoms with Gasteiger partial charge in [0.1, 0.15) is 0 Å². The lowest BCUT2D eigenvalue weighted by Gasteiger charge is -2.20. The van der Waals surface area contributed by atoms with Gasteiger partial charge in [-0.15, -0.1) is 0 Å². The number of amides is 1. The van der Waals surface area contributed by atoms with Gasteiger partial charge in [-0.25, -0.2) is 0 Å². The molecule has 5 nitrogen and oxygen atoms in total.